The number of hydrogen-bond acceptors (Lipinski definition) is 3. The molecular weight excluding hydrogens is 258 g/mol. The number of halogens is 1. The fourth-order valence-electron chi connectivity index (χ4n) is 3.15. The Labute approximate surface area is 120 Å². The predicted octanol–water partition coefficient (Wildman–Crippen LogP) is 2.07. The highest BCUT2D eigenvalue weighted by Crippen LogP contribution is 2.26. The third kappa shape index (κ3) is 3.41. The highest BCUT2D eigenvalue weighted by molar-refractivity contribution is 6.30. The lowest BCUT2D eigenvalue weighted by atomic mass is 10.1. The molecule has 1 N–H and O–H groups in total. The minimum absolute atomic E-state index is 0.803. The molecule has 0 radical (unpaired) electrons. The first kappa shape index (κ1) is 13.2. The van der Waals surface area contributed by atoms with Crippen LogP contribution in [0.1, 0.15) is 6.42 Å². The summed E-state index contributed by atoms with van der Waals surface area (Å²) in [6.07, 6.45) is 1.30. The van der Waals surface area contributed by atoms with Crippen molar-refractivity contribution in [1.29, 1.82) is 0 Å². The molecule has 0 aromatic heterocycles. The summed E-state index contributed by atoms with van der Waals surface area (Å²) in [5, 5.41) is 4.25. The molecule has 0 spiro atoms. The minimum Gasteiger partial charge on any atom is -0.371 e. The Bertz CT molecular complexity index is 418. The van der Waals surface area contributed by atoms with E-state index in [2.05, 4.69) is 27.2 Å². The molecule has 1 aromatic carbocycles. The van der Waals surface area contributed by atoms with Crippen LogP contribution in [0.5, 0.6) is 0 Å². The van der Waals surface area contributed by atoms with Crippen molar-refractivity contribution in [3.63, 3.8) is 0 Å². The summed E-state index contributed by atoms with van der Waals surface area (Å²) >= 11 is 6.07. The average molecular weight is 280 g/mol. The molecule has 0 bridgehead atoms. The van der Waals surface area contributed by atoms with Crippen molar-refractivity contribution in [3.8, 4) is 0 Å². The summed E-state index contributed by atoms with van der Waals surface area (Å²) in [5.41, 5.74) is 1.27. The topological polar surface area (TPSA) is 18.5 Å². The Morgan fingerprint density at radius 2 is 2.05 bits per heavy atom. The van der Waals surface area contributed by atoms with Crippen molar-refractivity contribution < 1.29 is 0 Å². The molecule has 2 saturated heterocycles. The van der Waals surface area contributed by atoms with Gasteiger partial charge in [-0.05, 0) is 30.5 Å². The van der Waals surface area contributed by atoms with Gasteiger partial charge in [-0.2, -0.15) is 0 Å². The van der Waals surface area contributed by atoms with E-state index in [9.17, 15) is 0 Å². The minimum atomic E-state index is 0.803. The second kappa shape index (κ2) is 6.12. The SMILES string of the molecule is Clc1cccc(N2CCC(CN3CCNCC3)C2)c1. The van der Waals surface area contributed by atoms with Gasteiger partial charge in [0.15, 0.2) is 0 Å². The van der Waals surface area contributed by atoms with Gasteiger partial charge in [0.05, 0.1) is 0 Å². The van der Waals surface area contributed by atoms with Gasteiger partial charge < -0.3 is 15.1 Å². The quantitative estimate of drug-likeness (QED) is 0.914. The molecule has 1 unspecified atom stereocenters. The number of benzene rings is 1. The summed E-state index contributed by atoms with van der Waals surface area (Å²) < 4.78 is 0. The lowest BCUT2D eigenvalue weighted by molar-refractivity contribution is 0.212. The second-order valence-electron chi connectivity index (χ2n) is 5.63. The van der Waals surface area contributed by atoms with Crippen LogP contribution in [0.2, 0.25) is 5.02 Å². The van der Waals surface area contributed by atoms with Crippen LogP contribution in [0, 0.1) is 5.92 Å². The molecule has 2 aliphatic rings. The van der Waals surface area contributed by atoms with Crippen molar-refractivity contribution in [3.05, 3.63) is 29.3 Å². The Morgan fingerprint density at radius 3 is 2.84 bits per heavy atom. The van der Waals surface area contributed by atoms with E-state index in [0.29, 0.717) is 0 Å². The van der Waals surface area contributed by atoms with Crippen LogP contribution in [-0.4, -0.2) is 50.7 Å². The molecule has 3 nitrogen and oxygen atoms in total. The highest BCUT2D eigenvalue weighted by atomic mass is 35.5. The fourth-order valence-corrected chi connectivity index (χ4v) is 3.33. The lowest BCUT2D eigenvalue weighted by Gasteiger charge is -2.29. The van der Waals surface area contributed by atoms with Crippen molar-refractivity contribution in [1.82, 2.24) is 10.2 Å². The normalized spacial score (nSPS) is 24.9. The van der Waals surface area contributed by atoms with Gasteiger partial charge in [-0.3, -0.25) is 0 Å². The molecule has 2 aliphatic heterocycles. The van der Waals surface area contributed by atoms with E-state index >= 15 is 0 Å². The molecule has 104 valence electrons. The summed E-state index contributed by atoms with van der Waals surface area (Å²) in [5.74, 6) is 0.803. The lowest BCUT2D eigenvalue weighted by Crippen LogP contribution is -2.45. The van der Waals surface area contributed by atoms with Crippen LogP contribution >= 0.6 is 11.6 Å². The molecule has 19 heavy (non-hydrogen) atoms. The second-order valence-corrected chi connectivity index (χ2v) is 6.07. The fraction of sp³-hybridized carbons (Fsp3) is 0.600. The summed E-state index contributed by atoms with van der Waals surface area (Å²) in [6.45, 7) is 8.27. The molecule has 3 rings (SSSR count). The van der Waals surface area contributed by atoms with Crippen molar-refractivity contribution >= 4 is 17.3 Å². The molecule has 4 heteroatoms. The summed E-state index contributed by atoms with van der Waals surface area (Å²) in [7, 11) is 0. The standard InChI is InChI=1S/C15H22ClN3/c16-14-2-1-3-15(10-14)19-7-4-13(12-19)11-18-8-5-17-6-9-18/h1-3,10,13,17H,4-9,11-12H2. The predicted molar refractivity (Wildman–Crippen MR) is 81.1 cm³/mol. The monoisotopic (exact) mass is 279 g/mol. The third-order valence-corrected chi connectivity index (χ3v) is 4.42. The van der Waals surface area contributed by atoms with E-state index in [1.165, 1.54) is 38.3 Å². The van der Waals surface area contributed by atoms with Gasteiger partial charge >= 0.3 is 0 Å². The Hall–Kier alpha value is -0.770. The summed E-state index contributed by atoms with van der Waals surface area (Å²) in [4.78, 5) is 5.07. The van der Waals surface area contributed by atoms with E-state index in [0.717, 1.165) is 30.6 Å². The van der Waals surface area contributed by atoms with Crippen LogP contribution in [0.3, 0.4) is 0 Å². The maximum atomic E-state index is 6.07. The van der Waals surface area contributed by atoms with Crippen LogP contribution < -0.4 is 10.2 Å². The third-order valence-electron chi connectivity index (χ3n) is 4.19. The van der Waals surface area contributed by atoms with Crippen LogP contribution in [0.25, 0.3) is 0 Å². The van der Waals surface area contributed by atoms with Crippen molar-refractivity contribution in [2.45, 2.75) is 6.42 Å². The molecule has 2 heterocycles. The van der Waals surface area contributed by atoms with Crippen LogP contribution in [0.15, 0.2) is 24.3 Å². The van der Waals surface area contributed by atoms with Crippen molar-refractivity contribution in [2.75, 3.05) is 50.7 Å². The van der Waals surface area contributed by atoms with Gasteiger partial charge in [0, 0.05) is 56.5 Å². The first-order valence-electron chi connectivity index (χ1n) is 7.25. The first-order valence-corrected chi connectivity index (χ1v) is 7.62. The number of nitrogens with one attached hydrogen (secondary N) is 1. The van der Waals surface area contributed by atoms with Crippen molar-refractivity contribution in [2.24, 2.45) is 5.92 Å². The largest absolute Gasteiger partial charge is 0.371 e. The number of nitrogens with zero attached hydrogens (tertiary/aromatic N) is 2. The maximum Gasteiger partial charge on any atom is 0.0426 e. The average Bonchev–Trinajstić information content (AvgIpc) is 2.88. The van der Waals surface area contributed by atoms with Gasteiger partial charge in [-0.1, -0.05) is 17.7 Å². The summed E-state index contributed by atoms with van der Waals surface area (Å²) in [6, 6.07) is 8.23. The van der Waals surface area contributed by atoms with Crippen LogP contribution in [0.4, 0.5) is 5.69 Å². The number of piperazine rings is 1. The Morgan fingerprint density at radius 1 is 1.21 bits per heavy atom. The Kier molecular flexibility index (Phi) is 4.26. The van der Waals surface area contributed by atoms with Gasteiger partial charge in [-0.15, -0.1) is 0 Å². The number of anilines is 1. The smallest absolute Gasteiger partial charge is 0.0426 e. The van der Waals surface area contributed by atoms with E-state index in [1.54, 1.807) is 0 Å². The van der Waals surface area contributed by atoms with Gasteiger partial charge in [0.25, 0.3) is 0 Å². The maximum absolute atomic E-state index is 6.07. The molecule has 1 atom stereocenters. The highest BCUT2D eigenvalue weighted by Gasteiger charge is 2.25. The molecule has 0 aliphatic carbocycles. The van der Waals surface area contributed by atoms with Crippen LogP contribution in [-0.2, 0) is 0 Å². The number of hydrogen-bond donors (Lipinski definition) is 1. The molecule has 1 aromatic rings. The van der Waals surface area contributed by atoms with Gasteiger partial charge in [0.1, 0.15) is 0 Å². The zero-order valence-corrected chi connectivity index (χ0v) is 12.1. The van der Waals surface area contributed by atoms with E-state index < -0.39 is 0 Å². The first-order chi connectivity index (χ1) is 9.31. The molecule has 0 amide bonds. The molecule has 0 saturated carbocycles. The van der Waals surface area contributed by atoms with Gasteiger partial charge in [-0.25, -0.2) is 0 Å². The zero-order valence-electron chi connectivity index (χ0n) is 11.3. The van der Waals surface area contributed by atoms with E-state index in [1.807, 2.05) is 12.1 Å². The number of rotatable bonds is 3. The molecular formula is C15H22ClN3. The zero-order chi connectivity index (χ0) is 13.1. The Balaban J connectivity index is 1.55. The van der Waals surface area contributed by atoms with E-state index in [-0.39, 0.29) is 0 Å². The van der Waals surface area contributed by atoms with Gasteiger partial charge in [0.2, 0.25) is 0 Å². The van der Waals surface area contributed by atoms with E-state index in [4.69, 9.17) is 11.6 Å². The molecule has 2 fully saturated rings.